The molecule has 0 saturated carbocycles. The predicted molar refractivity (Wildman–Crippen MR) is 83.5 cm³/mol. The summed E-state index contributed by atoms with van der Waals surface area (Å²) in [7, 11) is 0. The van der Waals surface area contributed by atoms with E-state index in [0.29, 0.717) is 6.61 Å². The lowest BCUT2D eigenvalue weighted by atomic mass is 9.99. The third-order valence-corrected chi connectivity index (χ3v) is 3.60. The minimum absolute atomic E-state index is 0.0277. The van der Waals surface area contributed by atoms with E-state index < -0.39 is 0 Å². The summed E-state index contributed by atoms with van der Waals surface area (Å²) in [6, 6.07) is 10.1. The van der Waals surface area contributed by atoms with Gasteiger partial charge in [-0.15, -0.1) is 0 Å². The molecule has 1 heterocycles. The van der Waals surface area contributed by atoms with E-state index >= 15 is 0 Å². The average Bonchev–Trinajstić information content (AvgIpc) is 2.98. The monoisotopic (exact) mass is 288 g/mol. The fourth-order valence-corrected chi connectivity index (χ4v) is 2.53. The van der Waals surface area contributed by atoms with Crippen LogP contribution in [0.1, 0.15) is 31.3 Å². The Balaban J connectivity index is 2.20. The van der Waals surface area contributed by atoms with Gasteiger partial charge in [-0.2, -0.15) is 0 Å². The van der Waals surface area contributed by atoms with Crippen LogP contribution in [-0.2, 0) is 17.7 Å². The molecule has 0 aliphatic rings. The van der Waals surface area contributed by atoms with Crippen molar-refractivity contribution in [1.82, 2.24) is 15.0 Å². The van der Waals surface area contributed by atoms with Crippen LogP contribution in [0.3, 0.4) is 0 Å². The normalized spacial score (nSPS) is 14.0. The Kier molecular flexibility index (Phi) is 5.92. The Hall–Kier alpha value is -1.69. The third-order valence-electron chi connectivity index (χ3n) is 3.60. The standard InChI is InChI=1S/C16H24N4O/c1-3-20-11-10-18-15(20)12-14(19-17)16(21-4-2)13-8-6-5-7-9-13/h5-11,14,16,19H,3-4,12,17H2,1-2H3. The molecule has 2 atom stereocenters. The lowest BCUT2D eigenvalue weighted by Crippen LogP contribution is -2.43. The molecule has 2 rings (SSSR count). The van der Waals surface area contributed by atoms with Gasteiger partial charge in [0, 0.05) is 32.0 Å². The highest BCUT2D eigenvalue weighted by atomic mass is 16.5. The number of hydrogen-bond donors (Lipinski definition) is 2. The summed E-state index contributed by atoms with van der Waals surface area (Å²) < 4.78 is 8.05. The minimum Gasteiger partial charge on any atom is -0.372 e. The van der Waals surface area contributed by atoms with E-state index in [9.17, 15) is 0 Å². The fraction of sp³-hybridized carbons (Fsp3) is 0.438. The van der Waals surface area contributed by atoms with Crippen molar-refractivity contribution < 1.29 is 4.74 Å². The number of aryl methyl sites for hydroxylation is 1. The van der Waals surface area contributed by atoms with E-state index in [-0.39, 0.29) is 12.1 Å². The Labute approximate surface area is 126 Å². The van der Waals surface area contributed by atoms with Crippen LogP contribution in [0.5, 0.6) is 0 Å². The molecule has 0 bridgehead atoms. The van der Waals surface area contributed by atoms with Gasteiger partial charge in [0.05, 0.1) is 12.1 Å². The molecule has 0 spiro atoms. The summed E-state index contributed by atoms with van der Waals surface area (Å²) in [6.07, 6.45) is 4.44. The number of benzene rings is 1. The lowest BCUT2D eigenvalue weighted by Gasteiger charge is -2.27. The molecule has 1 aromatic carbocycles. The maximum absolute atomic E-state index is 5.92. The van der Waals surface area contributed by atoms with Gasteiger partial charge in [-0.3, -0.25) is 11.3 Å². The van der Waals surface area contributed by atoms with Gasteiger partial charge in [0.1, 0.15) is 5.82 Å². The van der Waals surface area contributed by atoms with Crippen molar-refractivity contribution in [3.8, 4) is 0 Å². The summed E-state index contributed by atoms with van der Waals surface area (Å²) in [6.45, 7) is 5.64. The van der Waals surface area contributed by atoms with Gasteiger partial charge >= 0.3 is 0 Å². The first kappa shape index (κ1) is 15.7. The summed E-state index contributed by atoms with van der Waals surface area (Å²) in [5.41, 5.74) is 4.02. The Morgan fingerprint density at radius 1 is 1.29 bits per heavy atom. The van der Waals surface area contributed by atoms with E-state index in [4.69, 9.17) is 10.6 Å². The molecule has 0 radical (unpaired) electrons. The van der Waals surface area contributed by atoms with E-state index in [0.717, 1.165) is 24.4 Å². The topological polar surface area (TPSA) is 65.1 Å². The van der Waals surface area contributed by atoms with Gasteiger partial charge in [-0.25, -0.2) is 4.98 Å². The van der Waals surface area contributed by atoms with Crippen LogP contribution in [0.15, 0.2) is 42.7 Å². The van der Waals surface area contributed by atoms with E-state index in [2.05, 4.69) is 34.0 Å². The number of aromatic nitrogens is 2. The van der Waals surface area contributed by atoms with Crippen LogP contribution >= 0.6 is 0 Å². The molecule has 114 valence electrons. The first-order valence-corrected chi connectivity index (χ1v) is 7.42. The van der Waals surface area contributed by atoms with Crippen molar-refractivity contribution in [3.05, 3.63) is 54.1 Å². The molecule has 2 unspecified atom stereocenters. The highest BCUT2D eigenvalue weighted by Crippen LogP contribution is 2.23. The van der Waals surface area contributed by atoms with Crippen molar-refractivity contribution in [2.45, 2.75) is 39.0 Å². The number of imidazole rings is 1. The quantitative estimate of drug-likeness (QED) is 0.576. The summed E-state index contributed by atoms with van der Waals surface area (Å²) in [5.74, 6) is 6.80. The molecule has 0 fully saturated rings. The highest BCUT2D eigenvalue weighted by molar-refractivity contribution is 5.20. The molecule has 0 aliphatic carbocycles. The van der Waals surface area contributed by atoms with Gasteiger partial charge < -0.3 is 9.30 Å². The van der Waals surface area contributed by atoms with E-state index in [1.54, 1.807) is 0 Å². The molecule has 0 saturated heterocycles. The van der Waals surface area contributed by atoms with Gasteiger partial charge in [0.25, 0.3) is 0 Å². The zero-order valence-electron chi connectivity index (χ0n) is 12.7. The average molecular weight is 288 g/mol. The number of ether oxygens (including phenoxy) is 1. The zero-order chi connectivity index (χ0) is 15.1. The smallest absolute Gasteiger partial charge is 0.110 e. The largest absolute Gasteiger partial charge is 0.372 e. The highest BCUT2D eigenvalue weighted by Gasteiger charge is 2.24. The molecule has 1 aromatic heterocycles. The third kappa shape index (κ3) is 3.91. The van der Waals surface area contributed by atoms with Crippen molar-refractivity contribution in [1.29, 1.82) is 0 Å². The van der Waals surface area contributed by atoms with Gasteiger partial charge in [-0.1, -0.05) is 30.3 Å². The second kappa shape index (κ2) is 7.93. The second-order valence-electron chi connectivity index (χ2n) is 4.89. The summed E-state index contributed by atoms with van der Waals surface area (Å²) in [4.78, 5) is 4.42. The van der Waals surface area contributed by atoms with Crippen molar-refractivity contribution >= 4 is 0 Å². The Bertz CT molecular complexity index is 526. The molecule has 0 aliphatic heterocycles. The van der Waals surface area contributed by atoms with Gasteiger partial charge in [-0.05, 0) is 19.4 Å². The SMILES string of the molecule is CCOC(c1ccccc1)C(Cc1nccn1CC)NN. The lowest BCUT2D eigenvalue weighted by molar-refractivity contribution is 0.0325. The number of nitrogens with zero attached hydrogens (tertiary/aromatic N) is 2. The second-order valence-corrected chi connectivity index (χ2v) is 4.89. The number of rotatable bonds is 8. The maximum atomic E-state index is 5.92. The van der Waals surface area contributed by atoms with Gasteiger partial charge in [0.2, 0.25) is 0 Å². The van der Waals surface area contributed by atoms with Crippen molar-refractivity contribution in [2.24, 2.45) is 5.84 Å². The Morgan fingerprint density at radius 3 is 2.67 bits per heavy atom. The van der Waals surface area contributed by atoms with E-state index in [1.165, 1.54) is 0 Å². The first-order valence-electron chi connectivity index (χ1n) is 7.42. The number of nitrogens with two attached hydrogens (primary N) is 1. The zero-order valence-corrected chi connectivity index (χ0v) is 12.7. The molecular formula is C16H24N4O. The van der Waals surface area contributed by atoms with Crippen molar-refractivity contribution in [2.75, 3.05) is 6.61 Å². The number of hydrogen-bond acceptors (Lipinski definition) is 4. The van der Waals surface area contributed by atoms with Crippen LogP contribution < -0.4 is 11.3 Å². The maximum Gasteiger partial charge on any atom is 0.110 e. The van der Waals surface area contributed by atoms with E-state index in [1.807, 2.05) is 37.5 Å². The molecule has 21 heavy (non-hydrogen) atoms. The van der Waals surface area contributed by atoms with Gasteiger partial charge in [0.15, 0.2) is 0 Å². The molecule has 0 amide bonds. The number of nitrogens with one attached hydrogen (secondary N) is 1. The summed E-state index contributed by atoms with van der Waals surface area (Å²) in [5, 5.41) is 0. The molecular weight excluding hydrogens is 264 g/mol. The predicted octanol–water partition coefficient (Wildman–Crippen LogP) is 2.06. The molecule has 3 N–H and O–H groups in total. The number of hydrazine groups is 1. The minimum atomic E-state index is -0.0943. The molecule has 2 aromatic rings. The Morgan fingerprint density at radius 2 is 2.05 bits per heavy atom. The fourth-order valence-electron chi connectivity index (χ4n) is 2.53. The summed E-state index contributed by atoms with van der Waals surface area (Å²) >= 11 is 0. The molecule has 5 heteroatoms. The van der Waals surface area contributed by atoms with Crippen LogP contribution in [0, 0.1) is 0 Å². The van der Waals surface area contributed by atoms with Crippen LogP contribution in [0.25, 0.3) is 0 Å². The van der Waals surface area contributed by atoms with Crippen molar-refractivity contribution in [3.63, 3.8) is 0 Å². The molecule has 5 nitrogen and oxygen atoms in total. The first-order chi connectivity index (χ1) is 10.3. The van der Waals surface area contributed by atoms with Crippen LogP contribution in [-0.4, -0.2) is 22.2 Å². The van der Waals surface area contributed by atoms with Crippen LogP contribution in [0.4, 0.5) is 0 Å². The van der Waals surface area contributed by atoms with Crippen LogP contribution in [0.2, 0.25) is 0 Å².